The number of hydrogen-bond acceptors (Lipinski definition) is 0. The maximum absolute atomic E-state index is 14.7. The van der Waals surface area contributed by atoms with Crippen LogP contribution >= 0.6 is 0 Å². The molecule has 7 heteroatoms. The Morgan fingerprint density at radius 2 is 0.563 bits per heavy atom. The highest BCUT2D eigenvalue weighted by atomic mass is 19.4. The summed E-state index contributed by atoms with van der Waals surface area (Å²) in [4.78, 5) is 0. The zero-order valence-electron chi connectivity index (χ0n) is 68.4. The SMILES string of the molecule is Cc1cc2c(cc1-c1c3ccccc3cc[n+]1C)-c1ccccc1-c1ccccc1-c1ccccc1-2.Cc1cc2c(cc1-c1cc(CC(C)(C)C(F)(F)F)c3ccccc3[n+]1C)-c1ccccc1-c1ccccc1-c1ccccc1-2.Cc1cc2c(cc1-c1ccc3c(C)c(F)c(C)cc3[n+]1C)-c1ccccc1-c1ccccc1-c1ccccc1-2. The third-order valence-corrected chi connectivity index (χ3v) is 25.3. The summed E-state index contributed by atoms with van der Waals surface area (Å²) in [5, 5.41) is 4.33. The van der Waals surface area contributed by atoms with E-state index >= 15 is 0 Å². The van der Waals surface area contributed by atoms with Crippen LogP contribution in [0, 0.1) is 45.9 Å². The first-order valence-corrected chi connectivity index (χ1v) is 40.9. The van der Waals surface area contributed by atoms with E-state index in [0.29, 0.717) is 16.7 Å². The molecular weight excluding hydrogens is 1460 g/mol. The van der Waals surface area contributed by atoms with Crippen molar-refractivity contribution in [2.75, 3.05) is 0 Å². The molecule has 3 nitrogen and oxygen atoms in total. The molecule has 3 aliphatic carbocycles. The highest BCUT2D eigenvalue weighted by Gasteiger charge is 2.48. The Morgan fingerprint density at radius 1 is 0.261 bits per heavy atom. The molecule has 0 amide bonds. The lowest BCUT2D eigenvalue weighted by atomic mass is 9.79. The van der Waals surface area contributed by atoms with Crippen molar-refractivity contribution < 1.29 is 31.3 Å². The molecular formula is C112H88F4N3+3. The second-order valence-corrected chi connectivity index (χ2v) is 32.9. The predicted molar refractivity (Wildman–Crippen MR) is 485 cm³/mol. The molecule has 0 fully saturated rings. The molecule has 0 radical (unpaired) electrons. The number of hydrogen-bond donors (Lipinski definition) is 0. The number of halogens is 4. The van der Waals surface area contributed by atoms with Crippen LogP contribution in [-0.2, 0) is 27.6 Å². The van der Waals surface area contributed by atoms with Crippen molar-refractivity contribution in [3.8, 4) is 167 Å². The third-order valence-electron chi connectivity index (χ3n) is 25.3. The zero-order chi connectivity index (χ0) is 81.9. The summed E-state index contributed by atoms with van der Waals surface area (Å²) in [6.45, 7) is 12.8. The first-order valence-electron chi connectivity index (χ1n) is 40.9. The summed E-state index contributed by atoms with van der Waals surface area (Å²) in [7, 11) is 6.24. The molecule has 3 heterocycles. The first-order chi connectivity index (χ1) is 57.7. The molecule has 119 heavy (non-hydrogen) atoms. The van der Waals surface area contributed by atoms with Crippen LogP contribution in [-0.4, -0.2) is 6.18 Å². The minimum atomic E-state index is -4.32. The van der Waals surface area contributed by atoms with E-state index in [1.807, 2.05) is 57.3 Å². The van der Waals surface area contributed by atoms with Crippen LogP contribution in [0.1, 0.15) is 47.2 Å². The van der Waals surface area contributed by atoms with Crippen LogP contribution < -0.4 is 13.7 Å². The Hall–Kier alpha value is -13.8. The average molecular weight is 1550 g/mol. The lowest BCUT2D eigenvalue weighted by Gasteiger charge is -2.28. The van der Waals surface area contributed by atoms with E-state index in [-0.39, 0.29) is 12.2 Å². The Bertz CT molecular complexity index is 7220. The van der Waals surface area contributed by atoms with E-state index in [2.05, 4.69) is 352 Å². The van der Waals surface area contributed by atoms with E-state index in [1.54, 1.807) is 0 Å². The van der Waals surface area contributed by atoms with Gasteiger partial charge in [0.1, 0.15) is 27.0 Å². The fraction of sp³-hybridized carbons (Fsp3) is 0.116. The molecule has 3 aliphatic rings. The van der Waals surface area contributed by atoms with Crippen LogP contribution in [0.2, 0.25) is 0 Å². The quantitative estimate of drug-likeness (QED) is 0.120. The summed E-state index contributed by atoms with van der Waals surface area (Å²) < 4.78 is 63.6. The van der Waals surface area contributed by atoms with Gasteiger partial charge in [-0.3, -0.25) is 0 Å². The Morgan fingerprint density at radius 3 is 0.941 bits per heavy atom. The summed E-state index contributed by atoms with van der Waals surface area (Å²) in [5.41, 5.74) is 41.8. The minimum absolute atomic E-state index is 0.109. The van der Waals surface area contributed by atoms with Crippen LogP contribution in [0.25, 0.3) is 200 Å². The van der Waals surface area contributed by atoms with Gasteiger partial charge in [0.05, 0.1) is 21.8 Å². The van der Waals surface area contributed by atoms with E-state index < -0.39 is 11.6 Å². The summed E-state index contributed by atoms with van der Waals surface area (Å²) in [6.07, 6.45) is -2.26. The molecule has 3 aromatic heterocycles. The van der Waals surface area contributed by atoms with Gasteiger partial charge in [-0.05, 0) is 268 Å². The van der Waals surface area contributed by atoms with Gasteiger partial charge in [0.2, 0.25) is 28.1 Å². The van der Waals surface area contributed by atoms with Gasteiger partial charge in [-0.15, -0.1) is 0 Å². The van der Waals surface area contributed by atoms with Crippen LogP contribution in [0.3, 0.4) is 0 Å². The zero-order valence-corrected chi connectivity index (χ0v) is 68.4. The Labute approximate surface area is 693 Å². The third kappa shape index (κ3) is 12.8. The maximum atomic E-state index is 14.7. The smallest absolute Gasteiger partial charge is 0.206 e. The van der Waals surface area contributed by atoms with Crippen LogP contribution in [0.5, 0.6) is 0 Å². The van der Waals surface area contributed by atoms with Gasteiger partial charge in [-0.2, -0.15) is 22.3 Å². The molecule has 0 saturated heterocycles. The van der Waals surface area contributed by atoms with Crippen molar-refractivity contribution in [2.45, 2.75) is 61.1 Å². The second-order valence-electron chi connectivity index (χ2n) is 32.9. The van der Waals surface area contributed by atoms with Crippen molar-refractivity contribution >= 4 is 32.6 Å². The number of aryl methyl sites for hydroxylation is 8. The summed E-state index contributed by atoms with van der Waals surface area (Å²) in [6, 6.07) is 119. The van der Waals surface area contributed by atoms with Crippen molar-refractivity contribution in [3.63, 3.8) is 0 Å². The molecule has 576 valence electrons. The molecule has 0 atom stereocenters. The van der Waals surface area contributed by atoms with Gasteiger partial charge < -0.3 is 0 Å². The molecule has 21 rings (SSSR count). The van der Waals surface area contributed by atoms with Crippen LogP contribution in [0.4, 0.5) is 17.6 Å². The first kappa shape index (κ1) is 75.3. The van der Waals surface area contributed by atoms with Gasteiger partial charge in [0.15, 0.2) is 6.20 Å². The fourth-order valence-corrected chi connectivity index (χ4v) is 19.1. The van der Waals surface area contributed by atoms with Crippen LogP contribution in [0.15, 0.2) is 340 Å². The predicted octanol–water partition coefficient (Wildman–Crippen LogP) is 28.8. The molecule has 0 unspecified atom stereocenters. The Balaban J connectivity index is 0.000000119. The largest absolute Gasteiger partial charge is 0.394 e. The Kier molecular flexibility index (Phi) is 18.8. The molecule has 15 aromatic carbocycles. The lowest BCUT2D eigenvalue weighted by molar-refractivity contribution is -0.659. The van der Waals surface area contributed by atoms with Gasteiger partial charge in [0, 0.05) is 46.8 Å². The molecule has 0 N–H and O–H groups in total. The topological polar surface area (TPSA) is 11.6 Å². The van der Waals surface area contributed by atoms with E-state index in [0.717, 1.165) is 72.1 Å². The monoisotopic (exact) mass is 1550 g/mol. The fourth-order valence-electron chi connectivity index (χ4n) is 19.1. The molecule has 0 saturated carbocycles. The van der Waals surface area contributed by atoms with Crippen molar-refractivity contribution in [2.24, 2.45) is 26.6 Å². The van der Waals surface area contributed by atoms with E-state index in [9.17, 15) is 17.6 Å². The average Bonchev–Trinajstić information content (AvgIpc) is 0.743. The normalized spacial score (nSPS) is 12.0. The summed E-state index contributed by atoms with van der Waals surface area (Å²) in [5.74, 6) is -0.122. The number of para-hydroxylation sites is 1. The standard InChI is InChI=1S/C40H33F3N.C37H29FN.C35H26N/c1-25-21-35-32-18-9-7-16-30(32)28-14-5-6-15-29(28)31-17-8-10-19-33(31)36(35)23-34(25)38-22-26(24-39(2,3)40(41,42)43)27-13-11-12-20-37(27)44(38)4;1-22-19-33-30-15-9-7-13-28(30)26-11-5-6-12-27(26)29-14-8-10-16-31(29)34(33)21-32(22)35-18-17-25-24(3)37(38)23(2)20-36(25)39(35)4;1-23-21-33-30-17-9-7-15-28(30)26-13-5-6-14-27(26)29-16-8-10-18-31(29)34(33)22-32(23)35-25-12-4-3-11-24(25)19-20-36(35)2/h5-23H,24H2,1-4H3;5-21H,1-4H3;3-22H,1-2H3/q3*+1. The second kappa shape index (κ2) is 29.8. The van der Waals surface area contributed by atoms with Crippen molar-refractivity contribution in [1.82, 2.24) is 0 Å². The van der Waals surface area contributed by atoms with Crippen molar-refractivity contribution in [1.29, 1.82) is 0 Å². The molecule has 0 bridgehead atoms. The highest BCUT2D eigenvalue weighted by Crippen LogP contribution is 2.54. The molecule has 0 spiro atoms. The van der Waals surface area contributed by atoms with Crippen molar-refractivity contribution in [3.05, 3.63) is 379 Å². The highest BCUT2D eigenvalue weighted by molar-refractivity contribution is 6.08. The van der Waals surface area contributed by atoms with Gasteiger partial charge in [0.25, 0.3) is 0 Å². The van der Waals surface area contributed by atoms with E-state index in [1.165, 1.54) is 158 Å². The lowest BCUT2D eigenvalue weighted by Crippen LogP contribution is -2.36. The summed E-state index contributed by atoms with van der Waals surface area (Å²) >= 11 is 0. The number of benzene rings is 15. The number of alkyl halides is 3. The van der Waals surface area contributed by atoms with Gasteiger partial charge in [-0.25, -0.2) is 8.96 Å². The van der Waals surface area contributed by atoms with E-state index in [4.69, 9.17) is 0 Å². The van der Waals surface area contributed by atoms with Gasteiger partial charge >= 0.3 is 6.18 Å². The molecule has 0 aliphatic heterocycles. The maximum Gasteiger partial charge on any atom is 0.394 e. The number of nitrogens with zero attached hydrogens (tertiary/aromatic N) is 3. The molecule has 18 aromatic rings. The number of fused-ring (bicyclic) bond motifs is 27. The number of aromatic nitrogens is 3. The number of pyridine rings is 3. The minimum Gasteiger partial charge on any atom is -0.206 e. The number of rotatable bonds is 5. The van der Waals surface area contributed by atoms with Gasteiger partial charge in [-0.1, -0.05) is 263 Å².